The molecule has 1 unspecified atom stereocenters. The Kier molecular flexibility index (Phi) is 6.32. The fourth-order valence-corrected chi connectivity index (χ4v) is 3.72. The molecule has 5 nitrogen and oxygen atoms in total. The Bertz CT molecular complexity index is 776. The summed E-state index contributed by atoms with van der Waals surface area (Å²) < 4.78 is 15.7. The molecule has 26 heavy (non-hydrogen) atoms. The fourth-order valence-electron chi connectivity index (χ4n) is 3.19. The van der Waals surface area contributed by atoms with Crippen molar-refractivity contribution < 1.29 is 9.18 Å². The van der Waals surface area contributed by atoms with Crippen molar-refractivity contribution in [1.82, 2.24) is 19.6 Å². The first-order valence-corrected chi connectivity index (χ1v) is 9.79. The van der Waals surface area contributed by atoms with Gasteiger partial charge in [-0.3, -0.25) is 14.4 Å². The van der Waals surface area contributed by atoms with E-state index < -0.39 is 0 Å². The van der Waals surface area contributed by atoms with Crippen molar-refractivity contribution in [1.29, 1.82) is 0 Å². The molecule has 1 aromatic heterocycles. The zero-order chi connectivity index (χ0) is 18.7. The van der Waals surface area contributed by atoms with Crippen LogP contribution >= 0.6 is 27.5 Å². The molecule has 2 aromatic rings. The molecule has 140 valence electrons. The van der Waals surface area contributed by atoms with Crippen molar-refractivity contribution in [3.63, 3.8) is 0 Å². The highest BCUT2D eigenvalue weighted by Gasteiger charge is 2.28. The van der Waals surface area contributed by atoms with Crippen molar-refractivity contribution in [3.8, 4) is 0 Å². The number of nitrogens with zero attached hydrogens (tertiary/aromatic N) is 4. The van der Waals surface area contributed by atoms with Crippen molar-refractivity contribution in [3.05, 3.63) is 51.5 Å². The van der Waals surface area contributed by atoms with Crippen molar-refractivity contribution in [2.75, 3.05) is 26.2 Å². The van der Waals surface area contributed by atoms with Crippen LogP contribution in [0.2, 0.25) is 5.02 Å². The van der Waals surface area contributed by atoms with Crippen molar-refractivity contribution in [2.45, 2.75) is 25.9 Å². The van der Waals surface area contributed by atoms with E-state index in [2.05, 4.69) is 25.9 Å². The summed E-state index contributed by atoms with van der Waals surface area (Å²) in [4.78, 5) is 17.0. The maximum Gasteiger partial charge on any atom is 0.247 e. The van der Waals surface area contributed by atoms with E-state index >= 15 is 0 Å². The number of rotatable bonds is 5. The van der Waals surface area contributed by atoms with Gasteiger partial charge >= 0.3 is 0 Å². The predicted molar refractivity (Wildman–Crippen MR) is 103 cm³/mol. The fraction of sp³-hybridized carbons (Fsp3) is 0.444. The monoisotopic (exact) mass is 442 g/mol. The summed E-state index contributed by atoms with van der Waals surface area (Å²) in [6.07, 6.45) is 4.22. The second-order valence-corrected chi connectivity index (χ2v) is 7.72. The lowest BCUT2D eigenvalue weighted by Gasteiger charge is -2.36. The first kappa shape index (κ1) is 19.3. The molecular weight excluding hydrogens is 423 g/mol. The largest absolute Gasteiger partial charge is 0.338 e. The Morgan fingerprint density at radius 3 is 2.65 bits per heavy atom. The van der Waals surface area contributed by atoms with E-state index in [9.17, 15) is 9.18 Å². The third-order valence-corrected chi connectivity index (χ3v) is 5.42. The average molecular weight is 444 g/mol. The van der Waals surface area contributed by atoms with E-state index in [1.165, 1.54) is 12.1 Å². The van der Waals surface area contributed by atoms with Gasteiger partial charge in [0.05, 0.1) is 10.7 Å². The summed E-state index contributed by atoms with van der Waals surface area (Å²) in [7, 11) is 0. The van der Waals surface area contributed by atoms with Crippen LogP contribution in [0, 0.1) is 5.82 Å². The summed E-state index contributed by atoms with van der Waals surface area (Å²) in [6.45, 7) is 5.50. The Morgan fingerprint density at radius 1 is 1.35 bits per heavy atom. The Hall–Kier alpha value is -1.44. The third-order valence-electron chi connectivity index (χ3n) is 4.65. The van der Waals surface area contributed by atoms with E-state index in [4.69, 9.17) is 11.6 Å². The Morgan fingerprint density at radius 2 is 2.08 bits per heavy atom. The molecule has 1 aliphatic rings. The normalized spacial score (nSPS) is 16.7. The number of carbonyl (C=O) groups excluding carboxylic acids is 1. The number of halogens is 3. The number of hydrogen-bond acceptors (Lipinski definition) is 3. The molecule has 1 atom stereocenters. The van der Waals surface area contributed by atoms with Gasteiger partial charge in [0, 0.05) is 43.9 Å². The van der Waals surface area contributed by atoms with Gasteiger partial charge in [0.25, 0.3) is 0 Å². The summed E-state index contributed by atoms with van der Waals surface area (Å²) in [5.74, 6) is -0.229. The molecule has 0 aliphatic carbocycles. The zero-order valence-electron chi connectivity index (χ0n) is 14.5. The van der Waals surface area contributed by atoms with Gasteiger partial charge in [0.2, 0.25) is 5.91 Å². The van der Waals surface area contributed by atoms with Crippen LogP contribution in [0.5, 0.6) is 0 Å². The standard InChI is InChI=1S/C18H21BrClFN4O/c1-2-17(25-12-14(19)10-22-25)18(26)24-7-5-23(6-8-24)11-13-3-4-15(21)9-16(13)20/h3-4,9-10,12,17H,2,5-8,11H2,1H3. The van der Waals surface area contributed by atoms with Crippen LogP contribution in [-0.4, -0.2) is 51.7 Å². The van der Waals surface area contributed by atoms with Crippen LogP contribution in [0.4, 0.5) is 4.39 Å². The maximum absolute atomic E-state index is 13.2. The van der Waals surface area contributed by atoms with Gasteiger partial charge in [0.1, 0.15) is 11.9 Å². The first-order valence-electron chi connectivity index (χ1n) is 8.62. The highest BCUT2D eigenvalue weighted by atomic mass is 79.9. The lowest BCUT2D eigenvalue weighted by molar-refractivity contribution is -0.137. The molecule has 1 saturated heterocycles. The Labute approximate surface area is 165 Å². The van der Waals surface area contributed by atoms with E-state index in [0.717, 1.165) is 23.1 Å². The minimum absolute atomic E-state index is 0.0996. The van der Waals surface area contributed by atoms with Gasteiger partial charge in [-0.1, -0.05) is 24.6 Å². The van der Waals surface area contributed by atoms with Gasteiger partial charge in [-0.15, -0.1) is 0 Å². The molecule has 8 heteroatoms. The molecular formula is C18H21BrClFN4O. The molecule has 3 rings (SSSR count). The topological polar surface area (TPSA) is 41.4 Å². The molecule has 0 saturated carbocycles. The number of carbonyl (C=O) groups is 1. The number of benzene rings is 1. The zero-order valence-corrected chi connectivity index (χ0v) is 16.9. The molecule has 1 aliphatic heterocycles. The van der Waals surface area contributed by atoms with Gasteiger partial charge < -0.3 is 4.90 Å². The molecule has 1 fully saturated rings. The van der Waals surface area contributed by atoms with E-state index in [1.807, 2.05) is 18.0 Å². The minimum Gasteiger partial charge on any atom is -0.338 e. The molecule has 2 heterocycles. The SMILES string of the molecule is CCC(C(=O)N1CCN(Cc2ccc(F)cc2Cl)CC1)n1cc(Br)cn1. The van der Waals surface area contributed by atoms with E-state index in [1.54, 1.807) is 16.9 Å². The quantitative estimate of drug-likeness (QED) is 0.707. The van der Waals surface area contributed by atoms with Gasteiger partial charge in [-0.2, -0.15) is 5.10 Å². The molecule has 1 amide bonds. The predicted octanol–water partition coefficient (Wildman–Crippen LogP) is 3.73. The van der Waals surface area contributed by atoms with Crippen LogP contribution in [0.25, 0.3) is 0 Å². The average Bonchev–Trinajstić information content (AvgIpc) is 3.04. The van der Waals surface area contributed by atoms with Crippen LogP contribution in [0.3, 0.4) is 0 Å². The number of aromatic nitrogens is 2. The van der Waals surface area contributed by atoms with Gasteiger partial charge in [-0.05, 0) is 40.0 Å². The molecule has 0 bridgehead atoms. The summed E-state index contributed by atoms with van der Waals surface area (Å²) in [5.41, 5.74) is 0.903. The third kappa shape index (κ3) is 4.45. The highest BCUT2D eigenvalue weighted by molar-refractivity contribution is 9.10. The van der Waals surface area contributed by atoms with Gasteiger partial charge in [-0.25, -0.2) is 4.39 Å². The van der Waals surface area contributed by atoms with Crippen LogP contribution in [0.15, 0.2) is 35.1 Å². The smallest absolute Gasteiger partial charge is 0.247 e. The summed E-state index contributed by atoms with van der Waals surface area (Å²) >= 11 is 9.49. The first-order chi connectivity index (χ1) is 12.5. The van der Waals surface area contributed by atoms with Crippen LogP contribution < -0.4 is 0 Å². The maximum atomic E-state index is 13.2. The van der Waals surface area contributed by atoms with E-state index in [-0.39, 0.29) is 17.8 Å². The molecule has 0 N–H and O–H groups in total. The number of piperazine rings is 1. The number of hydrogen-bond donors (Lipinski definition) is 0. The van der Waals surface area contributed by atoms with Crippen molar-refractivity contribution >= 4 is 33.4 Å². The lowest BCUT2D eigenvalue weighted by atomic mass is 10.1. The lowest BCUT2D eigenvalue weighted by Crippen LogP contribution is -2.50. The summed E-state index contributed by atoms with van der Waals surface area (Å²) in [5, 5.41) is 4.70. The highest BCUT2D eigenvalue weighted by Crippen LogP contribution is 2.21. The molecule has 1 aromatic carbocycles. The number of amides is 1. The second-order valence-electron chi connectivity index (χ2n) is 6.40. The van der Waals surface area contributed by atoms with Crippen LogP contribution in [-0.2, 0) is 11.3 Å². The van der Waals surface area contributed by atoms with Crippen molar-refractivity contribution in [2.24, 2.45) is 0 Å². The van der Waals surface area contributed by atoms with Gasteiger partial charge in [0.15, 0.2) is 0 Å². The van der Waals surface area contributed by atoms with Crippen LogP contribution in [0.1, 0.15) is 24.9 Å². The Balaban J connectivity index is 1.58. The molecule has 0 spiro atoms. The molecule has 0 radical (unpaired) electrons. The summed E-state index contributed by atoms with van der Waals surface area (Å²) in [6, 6.07) is 4.21. The minimum atomic E-state index is -0.329. The second kappa shape index (κ2) is 8.50. The van der Waals surface area contributed by atoms with E-state index in [0.29, 0.717) is 31.1 Å².